The lowest BCUT2D eigenvalue weighted by molar-refractivity contribution is -0.127. The van der Waals surface area contributed by atoms with Gasteiger partial charge in [-0.2, -0.15) is 0 Å². The van der Waals surface area contributed by atoms with Crippen LogP contribution in [0.4, 0.5) is 5.69 Å². The van der Waals surface area contributed by atoms with Crippen molar-refractivity contribution in [3.63, 3.8) is 0 Å². The van der Waals surface area contributed by atoms with Gasteiger partial charge in [0.2, 0.25) is 11.9 Å². The van der Waals surface area contributed by atoms with Gasteiger partial charge in [0.05, 0.1) is 0 Å². The number of hydrazine groups is 1. The van der Waals surface area contributed by atoms with E-state index in [9.17, 15) is 4.79 Å². The van der Waals surface area contributed by atoms with Gasteiger partial charge < -0.3 is 10.2 Å². The van der Waals surface area contributed by atoms with Gasteiger partial charge in [0.25, 0.3) is 0 Å². The van der Waals surface area contributed by atoms with Crippen LogP contribution in [0, 0.1) is 0 Å². The zero-order valence-electron chi connectivity index (χ0n) is 10.3. The van der Waals surface area contributed by atoms with Crippen LogP contribution in [0.5, 0.6) is 0 Å². The Hall–Kier alpha value is -2.08. The minimum Gasteiger partial charge on any atom is -0.344 e. The first kappa shape index (κ1) is 12.4. The van der Waals surface area contributed by atoms with Crippen LogP contribution in [-0.2, 0) is 4.79 Å². The molecular weight excluding hydrogens is 230 g/mol. The second kappa shape index (κ2) is 5.50. The molecule has 1 unspecified atom stereocenters. The molecule has 1 aliphatic heterocycles. The molecule has 1 saturated heterocycles. The predicted octanol–water partition coefficient (Wildman–Crippen LogP) is 0.149. The molecule has 1 aromatic rings. The predicted molar refractivity (Wildman–Crippen MR) is 70.9 cm³/mol. The standard InChI is InChI=1S/C12H17N5O/c1-17-8-7-10(11(17)18)15-12(16-13)14-9-5-3-2-4-6-9/h2-6,10H,7-8,13H2,1H3,(H2,14,15,16). The molecule has 0 aliphatic carbocycles. The van der Waals surface area contributed by atoms with Crippen LogP contribution in [0.3, 0.4) is 0 Å². The fraction of sp³-hybridized carbons (Fsp3) is 0.333. The maximum Gasteiger partial charge on any atom is 0.247 e. The molecule has 1 aliphatic rings. The molecule has 1 atom stereocenters. The number of rotatable bonds is 2. The molecule has 0 spiro atoms. The number of aliphatic imine (C=N–C) groups is 1. The lowest BCUT2D eigenvalue weighted by Crippen LogP contribution is -2.38. The molecule has 18 heavy (non-hydrogen) atoms. The Kier molecular flexibility index (Phi) is 3.78. The molecule has 0 aromatic heterocycles. The van der Waals surface area contributed by atoms with E-state index in [0.717, 1.165) is 18.7 Å². The van der Waals surface area contributed by atoms with Gasteiger partial charge in [-0.05, 0) is 18.6 Å². The molecule has 0 bridgehead atoms. The highest BCUT2D eigenvalue weighted by Crippen LogP contribution is 2.13. The number of likely N-dealkylation sites (N-methyl/N-ethyl adjacent to an activating group) is 1. The summed E-state index contributed by atoms with van der Waals surface area (Å²) in [5, 5.41) is 3.03. The molecule has 6 nitrogen and oxygen atoms in total. The molecule has 96 valence electrons. The summed E-state index contributed by atoms with van der Waals surface area (Å²) in [6, 6.07) is 9.19. The molecule has 6 heteroatoms. The monoisotopic (exact) mass is 247 g/mol. The van der Waals surface area contributed by atoms with E-state index in [1.807, 2.05) is 30.3 Å². The number of amides is 1. The summed E-state index contributed by atoms with van der Waals surface area (Å²) in [7, 11) is 1.78. The van der Waals surface area contributed by atoms with Crippen molar-refractivity contribution in [2.45, 2.75) is 12.5 Å². The summed E-state index contributed by atoms with van der Waals surface area (Å²) in [6.07, 6.45) is 0.719. The van der Waals surface area contributed by atoms with Crippen LogP contribution < -0.4 is 16.6 Å². The first-order valence-electron chi connectivity index (χ1n) is 5.82. The zero-order chi connectivity index (χ0) is 13.0. The second-order valence-corrected chi connectivity index (χ2v) is 4.18. The maximum atomic E-state index is 11.7. The zero-order valence-corrected chi connectivity index (χ0v) is 10.3. The molecule has 4 N–H and O–H groups in total. The van der Waals surface area contributed by atoms with Crippen LogP contribution in [0.25, 0.3) is 0 Å². The molecule has 1 heterocycles. The van der Waals surface area contributed by atoms with Gasteiger partial charge in [0.15, 0.2) is 0 Å². The Morgan fingerprint density at radius 2 is 2.17 bits per heavy atom. The number of carbonyl (C=O) groups is 1. The van der Waals surface area contributed by atoms with Gasteiger partial charge in [-0.1, -0.05) is 18.2 Å². The molecule has 1 amide bonds. The van der Waals surface area contributed by atoms with Crippen molar-refractivity contribution in [1.29, 1.82) is 0 Å². The number of anilines is 1. The Bertz CT molecular complexity index is 445. The van der Waals surface area contributed by atoms with E-state index in [-0.39, 0.29) is 11.9 Å². The average molecular weight is 247 g/mol. The number of likely N-dealkylation sites (tertiary alicyclic amines) is 1. The molecular formula is C12H17N5O. The maximum absolute atomic E-state index is 11.7. The Balaban J connectivity index is 2.07. The minimum atomic E-state index is -0.350. The van der Waals surface area contributed by atoms with Gasteiger partial charge in [-0.15, -0.1) is 0 Å². The van der Waals surface area contributed by atoms with Crippen molar-refractivity contribution in [3.05, 3.63) is 30.3 Å². The van der Waals surface area contributed by atoms with Crippen molar-refractivity contribution >= 4 is 17.6 Å². The van der Waals surface area contributed by atoms with Gasteiger partial charge in [-0.3, -0.25) is 10.2 Å². The third-order valence-corrected chi connectivity index (χ3v) is 2.86. The van der Waals surface area contributed by atoms with E-state index in [2.05, 4.69) is 15.7 Å². The van der Waals surface area contributed by atoms with E-state index in [4.69, 9.17) is 5.84 Å². The van der Waals surface area contributed by atoms with Gasteiger partial charge in [0.1, 0.15) is 6.04 Å². The fourth-order valence-corrected chi connectivity index (χ4v) is 1.84. The third-order valence-electron chi connectivity index (χ3n) is 2.86. The lowest BCUT2D eigenvalue weighted by atomic mass is 10.3. The highest BCUT2D eigenvalue weighted by Gasteiger charge is 2.28. The number of nitrogens with zero attached hydrogens (tertiary/aromatic N) is 2. The summed E-state index contributed by atoms with van der Waals surface area (Å²) in [5.74, 6) is 5.83. The van der Waals surface area contributed by atoms with E-state index in [1.54, 1.807) is 11.9 Å². The molecule has 1 fully saturated rings. The van der Waals surface area contributed by atoms with E-state index in [0.29, 0.717) is 5.96 Å². The van der Waals surface area contributed by atoms with Crippen LogP contribution in [0.1, 0.15) is 6.42 Å². The van der Waals surface area contributed by atoms with E-state index >= 15 is 0 Å². The SMILES string of the molecule is CN1CCC(N=C(NN)Nc2ccccc2)C1=O. The Labute approximate surface area is 106 Å². The fourth-order valence-electron chi connectivity index (χ4n) is 1.84. The Morgan fingerprint density at radius 1 is 1.44 bits per heavy atom. The third kappa shape index (κ3) is 2.78. The molecule has 2 rings (SSSR count). The number of hydrogen-bond donors (Lipinski definition) is 3. The smallest absolute Gasteiger partial charge is 0.247 e. The number of guanidine groups is 1. The number of carbonyl (C=O) groups excluding carboxylic acids is 1. The number of nitrogens with two attached hydrogens (primary N) is 1. The largest absolute Gasteiger partial charge is 0.344 e. The van der Waals surface area contributed by atoms with Crippen LogP contribution in [-0.4, -0.2) is 36.4 Å². The lowest BCUT2D eigenvalue weighted by Gasteiger charge is -2.11. The summed E-state index contributed by atoms with van der Waals surface area (Å²) in [5.41, 5.74) is 3.35. The first-order chi connectivity index (χ1) is 8.70. The van der Waals surface area contributed by atoms with Crippen molar-refractivity contribution in [2.24, 2.45) is 10.8 Å². The topological polar surface area (TPSA) is 82.8 Å². The first-order valence-corrected chi connectivity index (χ1v) is 5.82. The second-order valence-electron chi connectivity index (χ2n) is 4.18. The quantitative estimate of drug-likeness (QED) is 0.301. The van der Waals surface area contributed by atoms with E-state index < -0.39 is 0 Å². The average Bonchev–Trinajstić information content (AvgIpc) is 2.71. The van der Waals surface area contributed by atoms with Crippen LogP contribution in [0.15, 0.2) is 35.3 Å². The molecule has 1 aromatic carbocycles. The Morgan fingerprint density at radius 3 is 2.72 bits per heavy atom. The van der Waals surface area contributed by atoms with Crippen LogP contribution in [0.2, 0.25) is 0 Å². The van der Waals surface area contributed by atoms with E-state index in [1.165, 1.54) is 0 Å². The van der Waals surface area contributed by atoms with Crippen molar-refractivity contribution in [2.75, 3.05) is 18.9 Å². The summed E-state index contributed by atoms with van der Waals surface area (Å²) < 4.78 is 0. The molecule has 0 saturated carbocycles. The molecule has 0 radical (unpaired) electrons. The van der Waals surface area contributed by atoms with Gasteiger partial charge in [-0.25, -0.2) is 10.8 Å². The summed E-state index contributed by atoms with van der Waals surface area (Å²) >= 11 is 0. The van der Waals surface area contributed by atoms with Crippen LogP contribution >= 0.6 is 0 Å². The van der Waals surface area contributed by atoms with Crippen molar-refractivity contribution in [1.82, 2.24) is 10.3 Å². The van der Waals surface area contributed by atoms with Gasteiger partial charge >= 0.3 is 0 Å². The highest BCUT2D eigenvalue weighted by atomic mass is 16.2. The number of hydrogen-bond acceptors (Lipinski definition) is 3. The number of nitrogens with one attached hydrogen (secondary N) is 2. The van der Waals surface area contributed by atoms with Gasteiger partial charge in [0, 0.05) is 19.3 Å². The van der Waals surface area contributed by atoms with Crippen molar-refractivity contribution in [3.8, 4) is 0 Å². The highest BCUT2D eigenvalue weighted by molar-refractivity contribution is 5.95. The van der Waals surface area contributed by atoms with Crippen molar-refractivity contribution < 1.29 is 4.79 Å². The minimum absolute atomic E-state index is 0.0256. The number of para-hydroxylation sites is 1. The number of benzene rings is 1. The normalized spacial score (nSPS) is 20.1. The summed E-state index contributed by atoms with van der Waals surface area (Å²) in [6.45, 7) is 0.732. The summed E-state index contributed by atoms with van der Waals surface area (Å²) in [4.78, 5) is 17.7.